The monoisotopic (exact) mass is 213 g/mol. The van der Waals surface area contributed by atoms with Gasteiger partial charge in [-0.3, -0.25) is 0 Å². The quantitative estimate of drug-likeness (QED) is 0.652. The van der Waals surface area contributed by atoms with Crippen molar-refractivity contribution in [3.05, 3.63) is 0 Å². The highest BCUT2D eigenvalue weighted by Gasteiger charge is 2.22. The number of rotatable bonds is 7. The maximum absolute atomic E-state index is 9.29. The van der Waals surface area contributed by atoms with Crippen molar-refractivity contribution in [2.45, 2.75) is 58.8 Å². The number of hydrogen-bond donors (Lipinski definition) is 1. The fraction of sp³-hybridized carbons (Fsp3) is 1.00. The molecule has 1 N–H and O–H groups in total. The molecule has 0 aromatic heterocycles. The van der Waals surface area contributed by atoms with Gasteiger partial charge in [-0.15, -0.1) is 0 Å². The first-order valence-corrected chi connectivity index (χ1v) is 6.66. The fourth-order valence-corrected chi connectivity index (χ4v) is 2.61. The lowest BCUT2D eigenvalue weighted by atomic mass is 9.91. The van der Waals surface area contributed by atoms with E-state index in [-0.39, 0.29) is 0 Å². The molecular weight excluding hydrogens is 186 g/mol. The lowest BCUT2D eigenvalue weighted by Crippen LogP contribution is -2.16. The Kier molecular flexibility index (Phi) is 6.26. The van der Waals surface area contributed by atoms with Crippen LogP contribution >= 0.6 is 0 Å². The molecule has 0 bridgehead atoms. The van der Waals surface area contributed by atoms with Crippen LogP contribution in [0.2, 0.25) is 0 Å². The molecule has 2 heteroatoms. The second-order valence-corrected chi connectivity index (χ2v) is 5.26. The molecule has 90 valence electrons. The fourth-order valence-electron chi connectivity index (χ4n) is 2.61. The standard InChI is InChI=1S/C13H27NO/c1-3-4-5-6-7-12(2)10-13-8-9-14(15)11-13/h12-13,15H,3-11H2,1-2H3. The molecule has 0 aromatic rings. The van der Waals surface area contributed by atoms with E-state index >= 15 is 0 Å². The number of hydrogen-bond acceptors (Lipinski definition) is 2. The number of unbranched alkanes of at least 4 members (excludes halogenated alkanes) is 3. The summed E-state index contributed by atoms with van der Waals surface area (Å²) < 4.78 is 0. The third-order valence-corrected chi connectivity index (χ3v) is 3.55. The van der Waals surface area contributed by atoms with Gasteiger partial charge >= 0.3 is 0 Å². The summed E-state index contributed by atoms with van der Waals surface area (Å²) in [4.78, 5) is 0. The Morgan fingerprint density at radius 1 is 1.33 bits per heavy atom. The van der Waals surface area contributed by atoms with Gasteiger partial charge in [0.15, 0.2) is 0 Å². The van der Waals surface area contributed by atoms with Crippen molar-refractivity contribution < 1.29 is 5.21 Å². The highest BCUT2D eigenvalue weighted by atomic mass is 16.5. The van der Waals surface area contributed by atoms with Crippen molar-refractivity contribution in [1.29, 1.82) is 0 Å². The summed E-state index contributed by atoms with van der Waals surface area (Å²) in [5.74, 6) is 1.59. The first-order chi connectivity index (χ1) is 7.22. The molecule has 0 aromatic carbocycles. The molecule has 2 unspecified atom stereocenters. The predicted octanol–water partition coefficient (Wildman–Crippen LogP) is 3.69. The summed E-state index contributed by atoms with van der Waals surface area (Å²) in [7, 11) is 0. The maximum atomic E-state index is 9.29. The number of nitrogens with zero attached hydrogens (tertiary/aromatic N) is 1. The van der Waals surface area contributed by atoms with E-state index in [1.807, 2.05) is 0 Å². The van der Waals surface area contributed by atoms with E-state index in [0.717, 1.165) is 24.9 Å². The van der Waals surface area contributed by atoms with Crippen molar-refractivity contribution in [3.63, 3.8) is 0 Å². The van der Waals surface area contributed by atoms with Gasteiger partial charge in [0, 0.05) is 13.1 Å². The lowest BCUT2D eigenvalue weighted by molar-refractivity contribution is -0.0718. The van der Waals surface area contributed by atoms with Crippen LogP contribution in [0.25, 0.3) is 0 Å². The Bertz CT molecular complexity index is 161. The zero-order valence-corrected chi connectivity index (χ0v) is 10.4. The van der Waals surface area contributed by atoms with Crippen molar-refractivity contribution in [2.24, 2.45) is 11.8 Å². The van der Waals surface area contributed by atoms with Gasteiger partial charge in [0.1, 0.15) is 0 Å². The highest BCUT2D eigenvalue weighted by molar-refractivity contribution is 4.72. The Hall–Kier alpha value is -0.0800. The van der Waals surface area contributed by atoms with Crippen LogP contribution in [0.15, 0.2) is 0 Å². The van der Waals surface area contributed by atoms with Crippen LogP contribution < -0.4 is 0 Å². The Morgan fingerprint density at radius 3 is 2.73 bits per heavy atom. The minimum absolute atomic E-state index is 0.746. The van der Waals surface area contributed by atoms with E-state index in [1.54, 1.807) is 0 Å². The molecular formula is C13H27NO. The van der Waals surface area contributed by atoms with Gasteiger partial charge in [-0.2, -0.15) is 5.06 Å². The molecule has 1 aliphatic heterocycles. The van der Waals surface area contributed by atoms with Crippen LogP contribution in [0.3, 0.4) is 0 Å². The Balaban J connectivity index is 2.00. The maximum Gasteiger partial charge on any atom is 0.0267 e. The molecule has 15 heavy (non-hydrogen) atoms. The average Bonchev–Trinajstić information content (AvgIpc) is 2.59. The zero-order chi connectivity index (χ0) is 11.1. The SMILES string of the molecule is CCCCCCC(C)CC1CCN(O)C1. The first kappa shape index (κ1) is 13.0. The van der Waals surface area contributed by atoms with E-state index in [0.29, 0.717) is 0 Å². The van der Waals surface area contributed by atoms with Gasteiger partial charge in [0.2, 0.25) is 0 Å². The summed E-state index contributed by atoms with van der Waals surface area (Å²) in [6, 6.07) is 0. The van der Waals surface area contributed by atoms with Gasteiger partial charge in [-0.05, 0) is 24.7 Å². The number of hydroxylamine groups is 2. The second-order valence-electron chi connectivity index (χ2n) is 5.26. The van der Waals surface area contributed by atoms with Crippen LogP contribution in [0.5, 0.6) is 0 Å². The molecule has 0 saturated carbocycles. The molecule has 0 radical (unpaired) electrons. The van der Waals surface area contributed by atoms with Crippen LogP contribution in [0.1, 0.15) is 58.8 Å². The van der Waals surface area contributed by atoms with E-state index in [1.165, 1.54) is 50.0 Å². The molecule has 1 saturated heterocycles. The topological polar surface area (TPSA) is 23.5 Å². The molecule has 2 atom stereocenters. The molecule has 1 heterocycles. The Labute approximate surface area is 94.6 Å². The van der Waals surface area contributed by atoms with Gasteiger partial charge in [0.05, 0.1) is 0 Å². The second kappa shape index (κ2) is 7.24. The van der Waals surface area contributed by atoms with Crippen molar-refractivity contribution in [2.75, 3.05) is 13.1 Å². The normalized spacial score (nSPS) is 24.6. The summed E-state index contributed by atoms with van der Waals surface area (Å²) in [5, 5.41) is 10.8. The van der Waals surface area contributed by atoms with Crippen LogP contribution in [-0.4, -0.2) is 23.4 Å². The summed E-state index contributed by atoms with van der Waals surface area (Å²) >= 11 is 0. The molecule has 1 rings (SSSR count). The zero-order valence-electron chi connectivity index (χ0n) is 10.4. The van der Waals surface area contributed by atoms with Gasteiger partial charge in [-0.25, -0.2) is 0 Å². The van der Waals surface area contributed by atoms with Gasteiger partial charge < -0.3 is 5.21 Å². The lowest BCUT2D eigenvalue weighted by Gasteiger charge is -2.15. The van der Waals surface area contributed by atoms with E-state index in [2.05, 4.69) is 13.8 Å². The van der Waals surface area contributed by atoms with E-state index in [4.69, 9.17) is 0 Å². The smallest absolute Gasteiger partial charge is 0.0267 e. The summed E-state index contributed by atoms with van der Waals surface area (Å²) in [5.41, 5.74) is 0. The first-order valence-electron chi connectivity index (χ1n) is 6.66. The summed E-state index contributed by atoms with van der Waals surface area (Å²) in [6.07, 6.45) is 9.39. The third-order valence-electron chi connectivity index (χ3n) is 3.55. The van der Waals surface area contributed by atoms with Gasteiger partial charge in [-0.1, -0.05) is 46.0 Å². The molecule has 0 amide bonds. The molecule has 2 nitrogen and oxygen atoms in total. The van der Waals surface area contributed by atoms with Gasteiger partial charge in [0.25, 0.3) is 0 Å². The molecule has 1 aliphatic rings. The minimum Gasteiger partial charge on any atom is -0.314 e. The molecule has 0 spiro atoms. The van der Waals surface area contributed by atoms with Crippen LogP contribution in [-0.2, 0) is 0 Å². The Morgan fingerprint density at radius 2 is 2.13 bits per heavy atom. The average molecular weight is 213 g/mol. The van der Waals surface area contributed by atoms with Crippen molar-refractivity contribution in [1.82, 2.24) is 5.06 Å². The summed E-state index contributed by atoms with van der Waals surface area (Å²) in [6.45, 7) is 6.41. The molecule has 1 fully saturated rings. The van der Waals surface area contributed by atoms with Crippen LogP contribution in [0.4, 0.5) is 0 Å². The van der Waals surface area contributed by atoms with E-state index in [9.17, 15) is 5.21 Å². The largest absolute Gasteiger partial charge is 0.314 e. The minimum atomic E-state index is 0.746. The van der Waals surface area contributed by atoms with E-state index < -0.39 is 0 Å². The van der Waals surface area contributed by atoms with Crippen LogP contribution in [0, 0.1) is 11.8 Å². The molecule has 0 aliphatic carbocycles. The third kappa shape index (κ3) is 5.53. The van der Waals surface area contributed by atoms with Crippen molar-refractivity contribution >= 4 is 0 Å². The predicted molar refractivity (Wildman–Crippen MR) is 64.0 cm³/mol. The van der Waals surface area contributed by atoms with Crippen molar-refractivity contribution in [3.8, 4) is 0 Å². The highest BCUT2D eigenvalue weighted by Crippen LogP contribution is 2.25.